The zero-order valence-corrected chi connectivity index (χ0v) is 12.6. The van der Waals surface area contributed by atoms with E-state index in [0.29, 0.717) is 5.92 Å². The van der Waals surface area contributed by atoms with Crippen LogP contribution in [0.3, 0.4) is 0 Å². The smallest absolute Gasteiger partial charge is 0.217 e. The van der Waals surface area contributed by atoms with Crippen molar-refractivity contribution in [3.05, 3.63) is 29.5 Å². The summed E-state index contributed by atoms with van der Waals surface area (Å²) in [4.78, 5) is 12.5. The van der Waals surface area contributed by atoms with Crippen LogP contribution in [0.1, 0.15) is 18.4 Å². The molecule has 0 aliphatic carbocycles. The molecule has 4 aliphatic rings. The number of hydrogen-bond donors (Lipinski definition) is 0. The van der Waals surface area contributed by atoms with Gasteiger partial charge in [0.1, 0.15) is 5.60 Å². The second-order valence-corrected chi connectivity index (χ2v) is 7.33. The SMILES string of the molecule is c1ncc(-c2cnc3c(c2)C[C@@]2(CN4CCC2CC4)O3)s1. The highest BCUT2D eigenvalue weighted by atomic mass is 32.1. The highest BCUT2D eigenvalue weighted by molar-refractivity contribution is 7.13. The molecule has 1 atom stereocenters. The van der Waals surface area contributed by atoms with Crippen molar-refractivity contribution in [1.82, 2.24) is 14.9 Å². The van der Waals surface area contributed by atoms with Crippen molar-refractivity contribution in [2.24, 2.45) is 5.92 Å². The molecular formula is C16H17N3OS. The zero-order chi connectivity index (χ0) is 13.9. The number of hydrogen-bond acceptors (Lipinski definition) is 5. The van der Waals surface area contributed by atoms with E-state index in [-0.39, 0.29) is 5.60 Å². The van der Waals surface area contributed by atoms with Gasteiger partial charge in [0.15, 0.2) is 0 Å². The summed E-state index contributed by atoms with van der Waals surface area (Å²) >= 11 is 1.66. The molecule has 2 aromatic heterocycles. The molecule has 6 rings (SSSR count). The van der Waals surface area contributed by atoms with Crippen LogP contribution in [-0.4, -0.2) is 40.1 Å². The molecule has 0 saturated carbocycles. The summed E-state index contributed by atoms with van der Waals surface area (Å²) in [6.45, 7) is 3.56. The lowest BCUT2D eigenvalue weighted by atomic mass is 9.73. The van der Waals surface area contributed by atoms with Gasteiger partial charge in [-0.2, -0.15) is 0 Å². The van der Waals surface area contributed by atoms with Gasteiger partial charge in [0.2, 0.25) is 5.88 Å². The number of ether oxygens (including phenoxy) is 1. The fourth-order valence-electron chi connectivity index (χ4n) is 4.20. The summed E-state index contributed by atoms with van der Waals surface area (Å²) in [5.74, 6) is 1.56. The number of nitrogens with zero attached hydrogens (tertiary/aromatic N) is 3. The molecule has 3 saturated heterocycles. The Morgan fingerprint density at radius 3 is 2.90 bits per heavy atom. The fraction of sp³-hybridized carbons (Fsp3) is 0.500. The molecule has 0 amide bonds. The Hall–Kier alpha value is -1.46. The van der Waals surface area contributed by atoms with Crippen molar-refractivity contribution in [2.45, 2.75) is 24.9 Å². The van der Waals surface area contributed by atoms with Gasteiger partial charge < -0.3 is 4.74 Å². The molecule has 4 nitrogen and oxygen atoms in total. The van der Waals surface area contributed by atoms with E-state index in [1.165, 1.54) is 36.4 Å². The van der Waals surface area contributed by atoms with Gasteiger partial charge in [0.05, 0.1) is 10.4 Å². The molecule has 5 heteroatoms. The molecule has 4 aliphatic heterocycles. The number of piperidine rings is 3. The summed E-state index contributed by atoms with van der Waals surface area (Å²) in [7, 11) is 0. The molecule has 21 heavy (non-hydrogen) atoms. The number of aromatic nitrogens is 2. The molecule has 0 N–H and O–H groups in total. The van der Waals surface area contributed by atoms with Gasteiger partial charge in [-0.05, 0) is 32.0 Å². The maximum atomic E-state index is 6.38. The predicted octanol–water partition coefficient (Wildman–Crippen LogP) is 2.60. The van der Waals surface area contributed by atoms with Gasteiger partial charge in [-0.3, -0.25) is 9.88 Å². The molecule has 3 fully saturated rings. The van der Waals surface area contributed by atoms with E-state index in [9.17, 15) is 0 Å². The van der Waals surface area contributed by atoms with Crippen LogP contribution in [0.15, 0.2) is 24.0 Å². The molecule has 1 spiro atoms. The largest absolute Gasteiger partial charge is 0.469 e. The third kappa shape index (κ3) is 1.77. The molecule has 6 heterocycles. The molecule has 0 unspecified atom stereocenters. The summed E-state index contributed by atoms with van der Waals surface area (Å²) in [5.41, 5.74) is 4.30. The number of thiazole rings is 1. The summed E-state index contributed by atoms with van der Waals surface area (Å²) in [6, 6.07) is 2.25. The lowest BCUT2D eigenvalue weighted by Gasteiger charge is -2.50. The van der Waals surface area contributed by atoms with E-state index in [2.05, 4.69) is 20.9 Å². The van der Waals surface area contributed by atoms with Gasteiger partial charge >= 0.3 is 0 Å². The van der Waals surface area contributed by atoms with Crippen molar-refractivity contribution < 1.29 is 4.74 Å². The standard InChI is InChI=1S/C16H17N3OS/c1-3-19-4-2-13(1)16(9-19)6-11-5-12(7-18-15(11)20-16)14-8-17-10-21-14/h5,7-8,10,13H,1-4,6,9H2/t16-/m0/s1. The minimum absolute atomic E-state index is 0.00183. The minimum atomic E-state index is -0.00183. The van der Waals surface area contributed by atoms with E-state index in [1.54, 1.807) is 11.3 Å². The Morgan fingerprint density at radius 2 is 2.19 bits per heavy atom. The molecule has 2 aromatic rings. The van der Waals surface area contributed by atoms with Crippen LogP contribution in [-0.2, 0) is 6.42 Å². The lowest BCUT2D eigenvalue weighted by molar-refractivity contribution is -0.0814. The van der Waals surface area contributed by atoms with Gasteiger partial charge in [-0.25, -0.2) is 4.98 Å². The Bertz CT molecular complexity index is 679. The highest BCUT2D eigenvalue weighted by Crippen LogP contribution is 2.46. The quantitative estimate of drug-likeness (QED) is 0.811. The van der Waals surface area contributed by atoms with E-state index in [0.717, 1.165) is 24.4 Å². The minimum Gasteiger partial charge on any atom is -0.469 e. The van der Waals surface area contributed by atoms with Gasteiger partial charge in [-0.1, -0.05) is 0 Å². The van der Waals surface area contributed by atoms with E-state index >= 15 is 0 Å². The van der Waals surface area contributed by atoms with Gasteiger partial charge in [0, 0.05) is 42.4 Å². The van der Waals surface area contributed by atoms with Crippen molar-refractivity contribution in [1.29, 1.82) is 0 Å². The highest BCUT2D eigenvalue weighted by Gasteiger charge is 2.52. The third-order valence-electron chi connectivity index (χ3n) is 5.25. The first kappa shape index (κ1) is 12.1. The Labute approximate surface area is 127 Å². The summed E-state index contributed by atoms with van der Waals surface area (Å²) in [5, 5.41) is 0. The predicted molar refractivity (Wildman–Crippen MR) is 81.6 cm³/mol. The second kappa shape index (κ2) is 4.27. The van der Waals surface area contributed by atoms with E-state index < -0.39 is 0 Å². The van der Waals surface area contributed by atoms with E-state index in [4.69, 9.17) is 4.74 Å². The topological polar surface area (TPSA) is 38.2 Å². The van der Waals surface area contributed by atoms with Gasteiger partial charge in [-0.15, -0.1) is 11.3 Å². The second-order valence-electron chi connectivity index (χ2n) is 6.45. The molecular weight excluding hydrogens is 282 g/mol. The van der Waals surface area contributed by atoms with E-state index in [1.807, 2.05) is 17.9 Å². The monoisotopic (exact) mass is 299 g/mol. The fourth-order valence-corrected chi connectivity index (χ4v) is 4.81. The first-order chi connectivity index (χ1) is 10.3. The van der Waals surface area contributed by atoms with Crippen LogP contribution in [0.5, 0.6) is 5.88 Å². The molecule has 2 bridgehead atoms. The Morgan fingerprint density at radius 1 is 1.29 bits per heavy atom. The van der Waals surface area contributed by atoms with Crippen molar-refractivity contribution >= 4 is 11.3 Å². The molecule has 0 radical (unpaired) electrons. The number of fused-ring (bicyclic) bond motifs is 3. The average Bonchev–Trinajstić information content (AvgIpc) is 3.14. The summed E-state index contributed by atoms with van der Waals surface area (Å²) < 4.78 is 6.38. The van der Waals surface area contributed by atoms with Crippen LogP contribution in [0.4, 0.5) is 0 Å². The maximum absolute atomic E-state index is 6.38. The average molecular weight is 299 g/mol. The van der Waals surface area contributed by atoms with Crippen LogP contribution < -0.4 is 4.74 Å². The zero-order valence-electron chi connectivity index (χ0n) is 11.8. The number of rotatable bonds is 1. The van der Waals surface area contributed by atoms with Crippen molar-refractivity contribution in [3.8, 4) is 16.3 Å². The Balaban J connectivity index is 1.51. The molecule has 108 valence electrons. The first-order valence-corrected chi connectivity index (χ1v) is 8.50. The van der Waals surface area contributed by atoms with Crippen LogP contribution >= 0.6 is 11.3 Å². The molecule has 0 aromatic carbocycles. The third-order valence-corrected chi connectivity index (χ3v) is 6.08. The first-order valence-electron chi connectivity index (χ1n) is 7.62. The normalized spacial score (nSPS) is 33.1. The van der Waals surface area contributed by atoms with Crippen LogP contribution in [0.2, 0.25) is 0 Å². The summed E-state index contributed by atoms with van der Waals surface area (Å²) in [6.07, 6.45) is 7.40. The number of pyridine rings is 1. The van der Waals surface area contributed by atoms with Gasteiger partial charge in [0.25, 0.3) is 0 Å². The maximum Gasteiger partial charge on any atom is 0.217 e. The van der Waals surface area contributed by atoms with Crippen LogP contribution in [0, 0.1) is 5.92 Å². The lowest BCUT2D eigenvalue weighted by Crippen LogP contribution is -2.61. The van der Waals surface area contributed by atoms with Crippen molar-refractivity contribution in [2.75, 3.05) is 19.6 Å². The van der Waals surface area contributed by atoms with Crippen molar-refractivity contribution in [3.63, 3.8) is 0 Å². The Kier molecular flexibility index (Phi) is 2.47. The van der Waals surface area contributed by atoms with Crippen LogP contribution in [0.25, 0.3) is 10.4 Å².